The van der Waals surface area contributed by atoms with Crippen molar-refractivity contribution in [2.24, 2.45) is 0 Å². The second kappa shape index (κ2) is 7.46. The Morgan fingerprint density at radius 1 is 1.27 bits per heavy atom. The molecule has 1 aromatic heterocycles. The fraction of sp³-hybridized carbons (Fsp3) is 0.286. The van der Waals surface area contributed by atoms with Gasteiger partial charge in [-0.25, -0.2) is 4.79 Å². The van der Waals surface area contributed by atoms with Gasteiger partial charge < -0.3 is 15.6 Å². The van der Waals surface area contributed by atoms with Gasteiger partial charge in [0.05, 0.1) is 6.04 Å². The van der Waals surface area contributed by atoms with E-state index in [2.05, 4.69) is 58.9 Å². The maximum Gasteiger partial charge on any atom is 0.315 e. The lowest BCUT2D eigenvalue weighted by Crippen LogP contribution is -2.39. The average Bonchev–Trinajstić information content (AvgIpc) is 3.04. The number of carbonyl (C=O) groups excluding carboxylic acids is 1. The van der Waals surface area contributed by atoms with Crippen LogP contribution < -0.4 is 10.6 Å². The third kappa shape index (κ3) is 3.58. The number of urea groups is 1. The van der Waals surface area contributed by atoms with Gasteiger partial charge in [0.25, 0.3) is 0 Å². The Kier molecular flexibility index (Phi) is 4.89. The maximum absolute atomic E-state index is 12.3. The van der Waals surface area contributed by atoms with Gasteiger partial charge in [0.1, 0.15) is 0 Å². The number of hydrogen-bond donors (Lipinski definition) is 3. The fourth-order valence-corrected chi connectivity index (χ4v) is 4.64. The van der Waals surface area contributed by atoms with E-state index in [-0.39, 0.29) is 12.1 Å². The number of hydrogen-bond acceptors (Lipinski definition) is 2. The normalized spacial score (nSPS) is 16.3. The molecule has 1 aliphatic heterocycles. The lowest BCUT2D eigenvalue weighted by molar-refractivity contribution is 0.236. The molecule has 1 aliphatic rings. The van der Waals surface area contributed by atoms with E-state index in [4.69, 9.17) is 0 Å². The molecule has 1 atom stereocenters. The molecule has 4 rings (SSSR count). The number of benzene rings is 2. The van der Waals surface area contributed by atoms with Crippen LogP contribution in [0.1, 0.15) is 29.2 Å². The Labute approximate surface area is 157 Å². The average molecular weight is 366 g/mol. The van der Waals surface area contributed by atoms with Crippen LogP contribution in [0.2, 0.25) is 0 Å². The SMILES string of the molecule is Cc1ccc2c(CCNC(=O)NC3CCSc4ccccc43)c[nH]c2c1. The molecule has 4 nitrogen and oxygen atoms in total. The van der Waals surface area contributed by atoms with E-state index in [1.54, 1.807) is 0 Å². The van der Waals surface area contributed by atoms with Gasteiger partial charge in [-0.1, -0.05) is 30.3 Å². The molecule has 2 heterocycles. The van der Waals surface area contributed by atoms with Gasteiger partial charge in [-0.3, -0.25) is 0 Å². The zero-order chi connectivity index (χ0) is 17.9. The molecule has 1 unspecified atom stereocenters. The molecule has 134 valence electrons. The van der Waals surface area contributed by atoms with Gasteiger partial charge in [0.15, 0.2) is 0 Å². The highest BCUT2D eigenvalue weighted by atomic mass is 32.2. The van der Waals surface area contributed by atoms with Crippen molar-refractivity contribution >= 4 is 28.7 Å². The van der Waals surface area contributed by atoms with Crippen molar-refractivity contribution in [3.63, 3.8) is 0 Å². The first-order valence-corrected chi connectivity index (χ1v) is 10.0. The zero-order valence-corrected chi connectivity index (χ0v) is 15.7. The summed E-state index contributed by atoms with van der Waals surface area (Å²) in [6, 6.07) is 14.8. The van der Waals surface area contributed by atoms with Crippen LogP contribution in [-0.4, -0.2) is 23.3 Å². The van der Waals surface area contributed by atoms with Crippen LogP contribution in [0, 0.1) is 6.92 Å². The predicted octanol–water partition coefficient (Wildman–Crippen LogP) is 4.56. The lowest BCUT2D eigenvalue weighted by Gasteiger charge is -2.25. The summed E-state index contributed by atoms with van der Waals surface area (Å²) in [4.78, 5) is 16.9. The summed E-state index contributed by atoms with van der Waals surface area (Å²) in [5.41, 5.74) is 4.86. The number of aromatic amines is 1. The summed E-state index contributed by atoms with van der Waals surface area (Å²) < 4.78 is 0. The molecule has 0 fully saturated rings. The molecule has 0 spiro atoms. The van der Waals surface area contributed by atoms with E-state index < -0.39 is 0 Å². The van der Waals surface area contributed by atoms with Gasteiger partial charge in [-0.2, -0.15) is 0 Å². The first-order chi connectivity index (χ1) is 12.7. The molecule has 5 heteroatoms. The van der Waals surface area contributed by atoms with Crippen molar-refractivity contribution in [3.05, 3.63) is 65.4 Å². The Morgan fingerprint density at radius 2 is 2.15 bits per heavy atom. The van der Waals surface area contributed by atoms with Crippen molar-refractivity contribution in [2.75, 3.05) is 12.3 Å². The van der Waals surface area contributed by atoms with E-state index >= 15 is 0 Å². The second-order valence-electron chi connectivity index (χ2n) is 6.74. The lowest BCUT2D eigenvalue weighted by atomic mass is 10.0. The number of amides is 2. The Hall–Kier alpha value is -2.40. The molecule has 26 heavy (non-hydrogen) atoms. The summed E-state index contributed by atoms with van der Waals surface area (Å²) in [5, 5.41) is 7.37. The molecular weight excluding hydrogens is 342 g/mol. The Bertz CT molecular complexity index is 934. The Balaban J connectivity index is 1.33. The Morgan fingerprint density at radius 3 is 3.08 bits per heavy atom. The van der Waals surface area contributed by atoms with E-state index in [1.807, 2.05) is 24.0 Å². The molecule has 2 aromatic carbocycles. The largest absolute Gasteiger partial charge is 0.361 e. The van der Waals surface area contributed by atoms with Crippen molar-refractivity contribution in [3.8, 4) is 0 Å². The third-order valence-corrected chi connectivity index (χ3v) is 5.99. The second-order valence-corrected chi connectivity index (χ2v) is 7.88. The quantitative estimate of drug-likeness (QED) is 0.635. The van der Waals surface area contributed by atoms with Crippen LogP contribution in [-0.2, 0) is 6.42 Å². The minimum Gasteiger partial charge on any atom is -0.361 e. The van der Waals surface area contributed by atoms with Crippen LogP contribution in [0.3, 0.4) is 0 Å². The molecule has 0 radical (unpaired) electrons. The molecule has 0 saturated carbocycles. The molecule has 0 bridgehead atoms. The molecule has 0 saturated heterocycles. The van der Waals surface area contributed by atoms with E-state index in [0.29, 0.717) is 6.54 Å². The van der Waals surface area contributed by atoms with Crippen LogP contribution in [0.4, 0.5) is 4.79 Å². The summed E-state index contributed by atoms with van der Waals surface area (Å²) >= 11 is 1.86. The zero-order valence-electron chi connectivity index (χ0n) is 14.8. The molecule has 0 aliphatic carbocycles. The van der Waals surface area contributed by atoms with Crippen molar-refractivity contribution in [1.29, 1.82) is 0 Å². The number of carbonyl (C=O) groups is 1. The number of thioether (sulfide) groups is 1. The summed E-state index contributed by atoms with van der Waals surface area (Å²) in [6.07, 6.45) is 3.82. The number of H-pyrrole nitrogens is 1. The predicted molar refractivity (Wildman–Crippen MR) is 108 cm³/mol. The smallest absolute Gasteiger partial charge is 0.315 e. The molecule has 3 aromatic rings. The topological polar surface area (TPSA) is 56.9 Å². The van der Waals surface area contributed by atoms with Crippen LogP contribution in [0.5, 0.6) is 0 Å². The third-order valence-electron chi connectivity index (χ3n) is 4.87. The van der Waals surface area contributed by atoms with E-state index in [0.717, 1.165) is 24.1 Å². The summed E-state index contributed by atoms with van der Waals surface area (Å²) in [6.45, 7) is 2.71. The first kappa shape index (κ1) is 17.0. The van der Waals surface area contributed by atoms with Gasteiger partial charge in [-0.05, 0) is 48.6 Å². The number of fused-ring (bicyclic) bond motifs is 2. The monoisotopic (exact) mass is 365 g/mol. The molecule has 3 N–H and O–H groups in total. The van der Waals surface area contributed by atoms with Crippen LogP contribution in [0.15, 0.2) is 53.6 Å². The van der Waals surface area contributed by atoms with Gasteiger partial charge in [0.2, 0.25) is 0 Å². The van der Waals surface area contributed by atoms with E-state index in [1.165, 1.54) is 27.0 Å². The highest BCUT2D eigenvalue weighted by molar-refractivity contribution is 7.99. The van der Waals surface area contributed by atoms with Gasteiger partial charge in [-0.15, -0.1) is 11.8 Å². The van der Waals surface area contributed by atoms with Crippen molar-refractivity contribution in [1.82, 2.24) is 15.6 Å². The standard InChI is InChI=1S/C21H23N3OS/c1-14-6-7-16-15(13-23-19(16)12-14)8-10-22-21(25)24-18-9-11-26-20-5-3-2-4-17(18)20/h2-7,12-13,18,23H,8-11H2,1H3,(H2,22,24,25). The summed E-state index contributed by atoms with van der Waals surface area (Å²) in [5.74, 6) is 1.04. The van der Waals surface area contributed by atoms with Crippen molar-refractivity contribution in [2.45, 2.75) is 30.7 Å². The highest BCUT2D eigenvalue weighted by Gasteiger charge is 2.21. The van der Waals surface area contributed by atoms with Gasteiger partial charge in [0, 0.05) is 34.3 Å². The number of aromatic nitrogens is 1. The fourth-order valence-electron chi connectivity index (χ4n) is 3.52. The minimum absolute atomic E-state index is 0.0904. The van der Waals surface area contributed by atoms with Crippen LogP contribution >= 0.6 is 11.8 Å². The first-order valence-electron chi connectivity index (χ1n) is 9.03. The highest BCUT2D eigenvalue weighted by Crippen LogP contribution is 2.35. The van der Waals surface area contributed by atoms with Crippen molar-refractivity contribution < 1.29 is 4.79 Å². The number of nitrogens with one attached hydrogen (secondary N) is 3. The summed E-state index contributed by atoms with van der Waals surface area (Å²) in [7, 11) is 0. The number of rotatable bonds is 4. The van der Waals surface area contributed by atoms with Crippen LogP contribution in [0.25, 0.3) is 10.9 Å². The van der Waals surface area contributed by atoms with Gasteiger partial charge >= 0.3 is 6.03 Å². The maximum atomic E-state index is 12.3. The minimum atomic E-state index is -0.0904. The number of aryl methyl sites for hydroxylation is 1. The molecular formula is C21H23N3OS. The van der Waals surface area contributed by atoms with E-state index in [9.17, 15) is 4.79 Å². The molecule has 2 amide bonds.